The molecule has 0 aliphatic heterocycles. The fourth-order valence-electron chi connectivity index (χ4n) is 1.31. The Labute approximate surface area is 113 Å². The van der Waals surface area contributed by atoms with E-state index in [4.69, 9.17) is 22.1 Å². The summed E-state index contributed by atoms with van der Waals surface area (Å²) in [6.45, 7) is 3.59. The number of benzene rings is 1. The largest absolute Gasteiger partial charge is 0.467 e. The summed E-state index contributed by atoms with van der Waals surface area (Å²) in [6.07, 6.45) is -1.43. The lowest BCUT2D eigenvalue weighted by Crippen LogP contribution is -2.38. The van der Waals surface area contributed by atoms with Crippen LogP contribution in [0.4, 0.5) is 0 Å². The number of carbonyl (C=O) groups is 2. The molecule has 5 nitrogen and oxygen atoms in total. The van der Waals surface area contributed by atoms with Gasteiger partial charge >= 0.3 is 11.9 Å². The maximum absolute atomic E-state index is 11.7. The fraction of sp³-hybridized carbons (Fsp3) is 0.385. The lowest BCUT2D eigenvalue weighted by molar-refractivity contribution is -0.166. The van der Waals surface area contributed by atoms with Crippen LogP contribution in [0, 0.1) is 0 Å². The zero-order chi connectivity index (χ0) is 14.3. The number of ether oxygens (including phenoxy) is 3. The van der Waals surface area contributed by atoms with E-state index in [1.54, 1.807) is 38.1 Å². The zero-order valence-electron chi connectivity index (χ0n) is 10.9. The molecule has 1 aromatic carbocycles. The molecule has 2 radical (unpaired) electrons. The van der Waals surface area contributed by atoms with Gasteiger partial charge in [-0.1, -0.05) is 17.6 Å². The van der Waals surface area contributed by atoms with Crippen LogP contribution in [-0.4, -0.2) is 39.1 Å². The minimum Gasteiger partial charge on any atom is -0.467 e. The summed E-state index contributed by atoms with van der Waals surface area (Å²) in [6, 6.07) is 6.31. The molecular formula is C13H15BO5. The van der Waals surface area contributed by atoms with Gasteiger partial charge in [0.05, 0.1) is 13.2 Å². The van der Waals surface area contributed by atoms with Gasteiger partial charge < -0.3 is 14.2 Å². The molecular weight excluding hydrogens is 247 g/mol. The molecule has 0 atom stereocenters. The first-order chi connectivity index (χ1) is 9.08. The Bertz CT molecular complexity index is 411. The molecule has 6 heteroatoms. The van der Waals surface area contributed by atoms with E-state index in [-0.39, 0.29) is 13.2 Å². The van der Waals surface area contributed by atoms with Crippen molar-refractivity contribution in [2.75, 3.05) is 13.2 Å². The van der Waals surface area contributed by atoms with Crippen molar-refractivity contribution >= 4 is 25.2 Å². The SMILES string of the molecule is [B]c1ccc(OC(C(=O)OCC)C(=O)OCC)cc1. The molecule has 0 heterocycles. The Kier molecular flexibility index (Phi) is 5.92. The van der Waals surface area contributed by atoms with Crippen LogP contribution in [0.5, 0.6) is 5.75 Å². The molecule has 1 rings (SSSR count). The van der Waals surface area contributed by atoms with Gasteiger partial charge in [0.15, 0.2) is 0 Å². The lowest BCUT2D eigenvalue weighted by Gasteiger charge is -2.16. The quantitative estimate of drug-likeness (QED) is 0.420. The van der Waals surface area contributed by atoms with Crippen LogP contribution in [0.3, 0.4) is 0 Å². The van der Waals surface area contributed by atoms with E-state index >= 15 is 0 Å². The highest BCUT2D eigenvalue weighted by atomic mass is 16.6. The Morgan fingerprint density at radius 2 is 1.53 bits per heavy atom. The summed E-state index contributed by atoms with van der Waals surface area (Å²) < 4.78 is 14.8. The Balaban J connectivity index is 2.81. The predicted octanol–water partition coefficient (Wildman–Crippen LogP) is 0.354. The smallest absolute Gasteiger partial charge is 0.359 e. The molecule has 100 valence electrons. The van der Waals surface area contributed by atoms with Crippen molar-refractivity contribution in [3.05, 3.63) is 24.3 Å². The van der Waals surface area contributed by atoms with Crippen LogP contribution in [0.1, 0.15) is 13.8 Å². The van der Waals surface area contributed by atoms with E-state index in [0.717, 1.165) is 0 Å². The normalized spacial score (nSPS) is 10.1. The van der Waals surface area contributed by atoms with Crippen molar-refractivity contribution < 1.29 is 23.8 Å². The maximum atomic E-state index is 11.7. The van der Waals surface area contributed by atoms with E-state index in [1.165, 1.54) is 0 Å². The summed E-state index contributed by atoms with van der Waals surface area (Å²) in [4.78, 5) is 23.3. The Morgan fingerprint density at radius 3 is 1.95 bits per heavy atom. The van der Waals surface area contributed by atoms with Gasteiger partial charge in [0.2, 0.25) is 0 Å². The van der Waals surface area contributed by atoms with Crippen molar-refractivity contribution in [3.8, 4) is 5.75 Å². The minimum atomic E-state index is -1.43. The summed E-state index contributed by atoms with van der Waals surface area (Å²) in [5, 5.41) is 0. The van der Waals surface area contributed by atoms with Gasteiger partial charge in [0, 0.05) is 0 Å². The molecule has 19 heavy (non-hydrogen) atoms. The number of hydrogen-bond acceptors (Lipinski definition) is 5. The molecule has 1 aromatic rings. The fourth-order valence-corrected chi connectivity index (χ4v) is 1.31. The van der Waals surface area contributed by atoms with Gasteiger partial charge in [-0.2, -0.15) is 0 Å². The molecule has 0 aromatic heterocycles. The molecule has 0 aliphatic rings. The van der Waals surface area contributed by atoms with Crippen LogP contribution in [0.2, 0.25) is 0 Å². The second-order valence-electron chi connectivity index (χ2n) is 3.57. The average molecular weight is 262 g/mol. The third-order valence-electron chi connectivity index (χ3n) is 2.14. The topological polar surface area (TPSA) is 61.8 Å². The van der Waals surface area contributed by atoms with Crippen LogP contribution < -0.4 is 10.2 Å². The Hall–Kier alpha value is -1.98. The van der Waals surface area contributed by atoms with E-state index in [9.17, 15) is 9.59 Å². The highest BCUT2D eigenvalue weighted by Crippen LogP contribution is 2.12. The second kappa shape index (κ2) is 7.46. The van der Waals surface area contributed by atoms with Gasteiger partial charge in [-0.3, -0.25) is 0 Å². The standard InChI is InChI=1S/C13H15BO5/c1-3-17-12(15)11(13(16)18-4-2)19-10-7-5-9(14)6-8-10/h5-8,11H,3-4H2,1-2H3. The van der Waals surface area contributed by atoms with Crippen LogP contribution in [0.15, 0.2) is 24.3 Å². The van der Waals surface area contributed by atoms with Gasteiger partial charge in [0.1, 0.15) is 13.6 Å². The van der Waals surface area contributed by atoms with Gasteiger partial charge in [0.25, 0.3) is 6.10 Å². The number of hydrogen-bond donors (Lipinski definition) is 0. The second-order valence-corrected chi connectivity index (χ2v) is 3.57. The molecule has 0 unspecified atom stereocenters. The number of carbonyl (C=O) groups excluding carboxylic acids is 2. The Morgan fingerprint density at radius 1 is 1.05 bits per heavy atom. The van der Waals surface area contributed by atoms with Crippen LogP contribution in [0.25, 0.3) is 0 Å². The highest BCUT2D eigenvalue weighted by molar-refractivity contribution is 6.32. The summed E-state index contributed by atoms with van der Waals surface area (Å²) in [5.74, 6) is -1.23. The number of esters is 2. The minimum absolute atomic E-state index is 0.153. The molecule has 0 fully saturated rings. The first-order valence-electron chi connectivity index (χ1n) is 5.94. The summed E-state index contributed by atoms with van der Waals surface area (Å²) >= 11 is 0. The van der Waals surface area contributed by atoms with Gasteiger partial charge in [-0.15, -0.1) is 0 Å². The van der Waals surface area contributed by atoms with Crippen molar-refractivity contribution in [2.24, 2.45) is 0 Å². The van der Waals surface area contributed by atoms with E-state index in [2.05, 4.69) is 0 Å². The molecule has 0 spiro atoms. The molecule has 0 amide bonds. The first kappa shape index (κ1) is 15.1. The number of rotatable bonds is 6. The molecule has 0 saturated carbocycles. The van der Waals surface area contributed by atoms with E-state index in [1.807, 2.05) is 0 Å². The van der Waals surface area contributed by atoms with Gasteiger partial charge in [-0.25, -0.2) is 9.59 Å². The first-order valence-corrected chi connectivity index (χ1v) is 5.94. The highest BCUT2D eigenvalue weighted by Gasteiger charge is 2.31. The average Bonchev–Trinajstić information content (AvgIpc) is 2.38. The zero-order valence-corrected chi connectivity index (χ0v) is 10.9. The van der Waals surface area contributed by atoms with Crippen molar-refractivity contribution in [3.63, 3.8) is 0 Å². The monoisotopic (exact) mass is 262 g/mol. The molecule has 0 aliphatic carbocycles. The van der Waals surface area contributed by atoms with Crippen molar-refractivity contribution in [2.45, 2.75) is 20.0 Å². The summed E-state index contributed by atoms with van der Waals surface area (Å²) in [7, 11) is 5.53. The van der Waals surface area contributed by atoms with Crippen LogP contribution in [-0.2, 0) is 19.1 Å². The van der Waals surface area contributed by atoms with Crippen LogP contribution >= 0.6 is 0 Å². The van der Waals surface area contributed by atoms with Crippen molar-refractivity contribution in [1.29, 1.82) is 0 Å². The summed E-state index contributed by atoms with van der Waals surface area (Å²) in [5.41, 5.74) is 0.552. The molecule has 0 saturated heterocycles. The van der Waals surface area contributed by atoms with E-state index in [0.29, 0.717) is 11.2 Å². The maximum Gasteiger partial charge on any atom is 0.359 e. The molecule has 0 bridgehead atoms. The lowest BCUT2D eigenvalue weighted by atomic mass is 9.97. The third kappa shape index (κ3) is 4.65. The predicted molar refractivity (Wildman–Crippen MR) is 69.5 cm³/mol. The van der Waals surface area contributed by atoms with Gasteiger partial charge in [-0.05, 0) is 26.0 Å². The van der Waals surface area contributed by atoms with Crippen molar-refractivity contribution in [1.82, 2.24) is 0 Å². The molecule has 0 N–H and O–H groups in total. The third-order valence-corrected chi connectivity index (χ3v) is 2.14. The van der Waals surface area contributed by atoms with E-state index < -0.39 is 18.0 Å².